The number of fused-ring (bicyclic) bond motifs is 1. The first-order chi connectivity index (χ1) is 11.7. The van der Waals surface area contributed by atoms with E-state index in [1.807, 2.05) is 24.0 Å². The maximum atomic E-state index is 10.7. The molecule has 0 amide bonds. The fourth-order valence-electron chi connectivity index (χ4n) is 3.77. The molecular weight excluding hydrogens is 302 g/mol. The van der Waals surface area contributed by atoms with Gasteiger partial charge in [0.25, 0.3) is 0 Å². The van der Waals surface area contributed by atoms with Gasteiger partial charge in [0.05, 0.1) is 11.7 Å². The van der Waals surface area contributed by atoms with Crippen LogP contribution in [0.15, 0.2) is 36.8 Å². The van der Waals surface area contributed by atoms with Crippen molar-refractivity contribution in [2.75, 3.05) is 13.1 Å². The SMILES string of the molecule is Cn1ccnc1C(O)C1CCCN(Cc2cccc3cn[nH]c23)C1. The van der Waals surface area contributed by atoms with Crippen molar-refractivity contribution in [3.8, 4) is 0 Å². The molecule has 3 heterocycles. The van der Waals surface area contributed by atoms with Crippen LogP contribution in [-0.2, 0) is 13.6 Å². The number of benzene rings is 1. The van der Waals surface area contributed by atoms with Gasteiger partial charge in [-0.05, 0) is 24.9 Å². The number of aryl methyl sites for hydroxylation is 1. The lowest BCUT2D eigenvalue weighted by molar-refractivity contribution is 0.0406. The molecule has 6 heteroatoms. The minimum atomic E-state index is -0.504. The first-order valence-electron chi connectivity index (χ1n) is 8.51. The number of imidazole rings is 1. The van der Waals surface area contributed by atoms with E-state index >= 15 is 0 Å². The molecule has 0 saturated carbocycles. The molecular formula is C18H23N5O. The molecule has 3 aromatic rings. The van der Waals surface area contributed by atoms with Crippen molar-refractivity contribution in [2.24, 2.45) is 13.0 Å². The zero-order valence-electron chi connectivity index (χ0n) is 13.9. The number of aromatic nitrogens is 4. The Labute approximate surface area is 141 Å². The fourth-order valence-corrected chi connectivity index (χ4v) is 3.77. The predicted octanol–water partition coefficient (Wildman–Crippen LogP) is 2.24. The number of rotatable bonds is 4. The van der Waals surface area contributed by atoms with Crippen LogP contribution in [-0.4, -0.2) is 42.8 Å². The van der Waals surface area contributed by atoms with Gasteiger partial charge in [-0.3, -0.25) is 10.00 Å². The Morgan fingerprint density at radius 3 is 3.17 bits per heavy atom. The molecule has 2 unspecified atom stereocenters. The van der Waals surface area contributed by atoms with E-state index in [9.17, 15) is 5.11 Å². The van der Waals surface area contributed by atoms with Crippen LogP contribution in [0.4, 0.5) is 0 Å². The van der Waals surface area contributed by atoms with Crippen LogP contribution in [0.1, 0.15) is 30.3 Å². The number of para-hydroxylation sites is 1. The summed E-state index contributed by atoms with van der Waals surface area (Å²) in [6.07, 6.45) is 7.14. The van der Waals surface area contributed by atoms with Crippen LogP contribution in [0.5, 0.6) is 0 Å². The highest BCUT2D eigenvalue weighted by molar-refractivity contribution is 5.81. The van der Waals surface area contributed by atoms with Crippen LogP contribution < -0.4 is 0 Å². The molecule has 0 spiro atoms. The first kappa shape index (κ1) is 15.4. The Balaban J connectivity index is 1.49. The summed E-state index contributed by atoms with van der Waals surface area (Å²) < 4.78 is 1.91. The standard InChI is InChI=1S/C18H23N5O/c1-22-9-7-19-18(22)17(24)15-6-3-8-23(12-15)11-14-5-2-4-13-10-20-21-16(13)14/h2,4-5,7,9-10,15,17,24H,3,6,8,11-12H2,1H3,(H,20,21). The predicted molar refractivity (Wildman–Crippen MR) is 92.3 cm³/mol. The van der Waals surface area contributed by atoms with E-state index in [0.29, 0.717) is 0 Å². The quantitative estimate of drug-likeness (QED) is 0.772. The van der Waals surface area contributed by atoms with Crippen LogP contribution in [0.25, 0.3) is 10.9 Å². The smallest absolute Gasteiger partial charge is 0.137 e. The highest BCUT2D eigenvalue weighted by Gasteiger charge is 2.29. The second-order valence-corrected chi connectivity index (χ2v) is 6.73. The van der Waals surface area contributed by atoms with Crippen molar-refractivity contribution in [1.82, 2.24) is 24.6 Å². The Morgan fingerprint density at radius 1 is 1.42 bits per heavy atom. The molecule has 1 fully saturated rings. The van der Waals surface area contributed by atoms with Crippen LogP contribution in [0, 0.1) is 5.92 Å². The number of aromatic amines is 1. The van der Waals surface area contributed by atoms with Gasteiger partial charge in [-0.15, -0.1) is 0 Å². The van der Waals surface area contributed by atoms with Crippen molar-refractivity contribution < 1.29 is 5.11 Å². The molecule has 0 aliphatic carbocycles. The van der Waals surface area contributed by atoms with Gasteiger partial charge in [0, 0.05) is 43.8 Å². The summed E-state index contributed by atoms with van der Waals surface area (Å²) in [5.74, 6) is 0.985. The van der Waals surface area contributed by atoms with E-state index in [2.05, 4.69) is 38.3 Å². The number of H-pyrrole nitrogens is 1. The number of piperidine rings is 1. The van der Waals surface area contributed by atoms with Gasteiger partial charge in [-0.25, -0.2) is 4.98 Å². The number of hydrogen-bond donors (Lipinski definition) is 2. The van der Waals surface area contributed by atoms with Gasteiger partial charge in [-0.2, -0.15) is 5.10 Å². The number of nitrogens with one attached hydrogen (secondary N) is 1. The van der Waals surface area contributed by atoms with Crippen molar-refractivity contribution in [2.45, 2.75) is 25.5 Å². The topological polar surface area (TPSA) is 70.0 Å². The van der Waals surface area contributed by atoms with Crippen LogP contribution in [0.2, 0.25) is 0 Å². The highest BCUT2D eigenvalue weighted by Crippen LogP contribution is 2.30. The Hall–Kier alpha value is -2.18. The maximum Gasteiger partial charge on any atom is 0.137 e. The zero-order valence-corrected chi connectivity index (χ0v) is 13.9. The highest BCUT2D eigenvalue weighted by atomic mass is 16.3. The summed E-state index contributed by atoms with van der Waals surface area (Å²) in [6, 6.07) is 6.31. The molecule has 0 bridgehead atoms. The lowest BCUT2D eigenvalue weighted by Gasteiger charge is -2.35. The second-order valence-electron chi connectivity index (χ2n) is 6.73. The minimum absolute atomic E-state index is 0.223. The summed E-state index contributed by atoms with van der Waals surface area (Å²) in [4.78, 5) is 6.74. The van der Waals surface area contributed by atoms with Crippen molar-refractivity contribution in [3.63, 3.8) is 0 Å². The lowest BCUT2D eigenvalue weighted by Crippen LogP contribution is -2.37. The molecule has 0 radical (unpaired) electrons. The summed E-state index contributed by atoms with van der Waals surface area (Å²) in [5.41, 5.74) is 2.38. The molecule has 1 saturated heterocycles. The molecule has 1 aliphatic heterocycles. The van der Waals surface area contributed by atoms with Gasteiger partial charge in [0.15, 0.2) is 0 Å². The molecule has 2 N–H and O–H groups in total. The Kier molecular flexibility index (Phi) is 4.08. The van der Waals surface area contributed by atoms with E-state index in [1.165, 1.54) is 5.56 Å². The molecule has 24 heavy (non-hydrogen) atoms. The summed E-state index contributed by atoms with van der Waals surface area (Å²) in [5, 5.41) is 19.1. The number of likely N-dealkylation sites (tertiary alicyclic amines) is 1. The van der Waals surface area contributed by atoms with E-state index in [-0.39, 0.29) is 5.92 Å². The summed E-state index contributed by atoms with van der Waals surface area (Å²) in [6.45, 7) is 2.83. The van der Waals surface area contributed by atoms with Crippen LogP contribution in [0.3, 0.4) is 0 Å². The lowest BCUT2D eigenvalue weighted by atomic mass is 9.91. The van der Waals surface area contributed by atoms with E-state index in [1.54, 1.807) is 6.20 Å². The van der Waals surface area contributed by atoms with Crippen LogP contribution >= 0.6 is 0 Å². The second kappa shape index (κ2) is 6.37. The van der Waals surface area contributed by atoms with Gasteiger partial charge < -0.3 is 9.67 Å². The minimum Gasteiger partial charge on any atom is -0.385 e. The van der Waals surface area contributed by atoms with E-state index in [0.717, 1.165) is 49.2 Å². The summed E-state index contributed by atoms with van der Waals surface area (Å²) in [7, 11) is 1.94. The van der Waals surface area contributed by atoms with Gasteiger partial charge in [0.2, 0.25) is 0 Å². The molecule has 2 atom stereocenters. The largest absolute Gasteiger partial charge is 0.385 e. The molecule has 1 aromatic carbocycles. The number of nitrogens with zero attached hydrogens (tertiary/aromatic N) is 4. The maximum absolute atomic E-state index is 10.7. The number of aliphatic hydroxyl groups excluding tert-OH is 1. The van der Waals surface area contributed by atoms with E-state index in [4.69, 9.17) is 0 Å². The molecule has 2 aromatic heterocycles. The number of hydrogen-bond acceptors (Lipinski definition) is 4. The van der Waals surface area contributed by atoms with E-state index < -0.39 is 6.10 Å². The molecule has 6 nitrogen and oxygen atoms in total. The van der Waals surface area contributed by atoms with Crippen molar-refractivity contribution in [1.29, 1.82) is 0 Å². The van der Waals surface area contributed by atoms with Gasteiger partial charge in [0.1, 0.15) is 11.9 Å². The third kappa shape index (κ3) is 2.83. The average molecular weight is 325 g/mol. The average Bonchev–Trinajstić information content (AvgIpc) is 3.24. The Morgan fingerprint density at radius 2 is 2.33 bits per heavy atom. The Bertz CT molecular complexity index is 824. The third-order valence-electron chi connectivity index (χ3n) is 5.07. The fraction of sp³-hybridized carbons (Fsp3) is 0.444. The normalized spacial score (nSPS) is 20.5. The van der Waals surface area contributed by atoms with Crippen molar-refractivity contribution >= 4 is 10.9 Å². The molecule has 126 valence electrons. The molecule has 1 aliphatic rings. The first-order valence-corrected chi connectivity index (χ1v) is 8.51. The monoisotopic (exact) mass is 325 g/mol. The number of aliphatic hydroxyl groups is 1. The van der Waals surface area contributed by atoms with Gasteiger partial charge in [-0.1, -0.05) is 18.2 Å². The summed E-state index contributed by atoms with van der Waals surface area (Å²) >= 11 is 0. The molecule has 4 rings (SSSR count). The van der Waals surface area contributed by atoms with Crippen molar-refractivity contribution in [3.05, 3.63) is 48.2 Å². The third-order valence-corrected chi connectivity index (χ3v) is 5.07. The van der Waals surface area contributed by atoms with Gasteiger partial charge >= 0.3 is 0 Å². The zero-order chi connectivity index (χ0) is 16.5.